The highest BCUT2D eigenvalue weighted by molar-refractivity contribution is 6.10. The zero-order valence-electron chi connectivity index (χ0n) is 15.5. The third-order valence-corrected chi connectivity index (χ3v) is 5.24. The Morgan fingerprint density at radius 2 is 1.58 bits per heavy atom. The number of rotatable bonds is 1. The highest BCUT2D eigenvalue weighted by Gasteiger charge is 2.25. The van der Waals surface area contributed by atoms with Gasteiger partial charge in [-0.1, -0.05) is 0 Å². The van der Waals surface area contributed by atoms with Crippen molar-refractivity contribution >= 4 is 21.9 Å². The molecule has 0 radical (unpaired) electrons. The van der Waals surface area contributed by atoms with Gasteiger partial charge in [0.2, 0.25) is 5.69 Å². The fourth-order valence-electron chi connectivity index (χ4n) is 3.65. The summed E-state index contributed by atoms with van der Waals surface area (Å²) in [4.78, 5) is 0. The molecule has 0 spiro atoms. The zero-order valence-corrected chi connectivity index (χ0v) is 15.5. The number of halogens is 2. The molecular weight excluding hydrogens is 332 g/mol. The minimum atomic E-state index is -0.355. The van der Waals surface area contributed by atoms with E-state index in [1.807, 2.05) is 31.7 Å². The standard InChI is InChI=1S/C22H20F2NO/c1-11-9-18(25(5)10-13(11)3)19-12(2)8-17(24)20-15-6-7-16(23)14(4)21(15)26-22(19)20/h6-10H,1-5H3/q+1. The minimum absolute atomic E-state index is 0.350. The van der Waals surface area contributed by atoms with Crippen molar-refractivity contribution in [3.8, 4) is 11.3 Å². The van der Waals surface area contributed by atoms with E-state index in [-0.39, 0.29) is 11.6 Å². The van der Waals surface area contributed by atoms with Crippen LogP contribution in [0.4, 0.5) is 8.78 Å². The van der Waals surface area contributed by atoms with Gasteiger partial charge in [-0.25, -0.2) is 13.3 Å². The molecular formula is C22H20F2NO+. The molecule has 0 atom stereocenters. The van der Waals surface area contributed by atoms with Gasteiger partial charge in [0.1, 0.15) is 24.3 Å². The average Bonchev–Trinajstić information content (AvgIpc) is 2.96. The molecule has 26 heavy (non-hydrogen) atoms. The van der Waals surface area contributed by atoms with Crippen molar-refractivity contribution in [3.63, 3.8) is 0 Å². The summed E-state index contributed by atoms with van der Waals surface area (Å²) in [5.41, 5.74) is 6.14. The van der Waals surface area contributed by atoms with Gasteiger partial charge in [0.15, 0.2) is 11.8 Å². The Hall–Kier alpha value is -2.75. The van der Waals surface area contributed by atoms with Crippen molar-refractivity contribution in [2.75, 3.05) is 0 Å². The van der Waals surface area contributed by atoms with E-state index in [9.17, 15) is 8.78 Å². The van der Waals surface area contributed by atoms with Gasteiger partial charge in [-0.3, -0.25) is 0 Å². The summed E-state index contributed by atoms with van der Waals surface area (Å²) in [6.45, 7) is 7.63. The maximum absolute atomic E-state index is 14.8. The number of aromatic nitrogens is 1. The largest absolute Gasteiger partial charge is 0.455 e. The van der Waals surface area contributed by atoms with Crippen molar-refractivity contribution in [2.45, 2.75) is 27.7 Å². The lowest BCUT2D eigenvalue weighted by molar-refractivity contribution is -0.660. The summed E-state index contributed by atoms with van der Waals surface area (Å²) < 4.78 is 36.9. The topological polar surface area (TPSA) is 17.0 Å². The maximum atomic E-state index is 14.8. The van der Waals surface area contributed by atoms with E-state index in [2.05, 4.69) is 13.0 Å². The van der Waals surface area contributed by atoms with E-state index in [1.165, 1.54) is 17.7 Å². The molecule has 0 unspecified atom stereocenters. The molecule has 4 heteroatoms. The van der Waals surface area contributed by atoms with Crippen LogP contribution in [0.25, 0.3) is 33.2 Å². The van der Waals surface area contributed by atoms with E-state index in [4.69, 9.17) is 4.42 Å². The van der Waals surface area contributed by atoms with Crippen LogP contribution in [0.5, 0.6) is 0 Å². The van der Waals surface area contributed by atoms with Gasteiger partial charge < -0.3 is 4.42 Å². The molecule has 0 fully saturated rings. The first-order valence-corrected chi connectivity index (χ1v) is 8.57. The number of furan rings is 1. The highest BCUT2D eigenvalue weighted by Crippen LogP contribution is 2.40. The van der Waals surface area contributed by atoms with E-state index in [1.54, 1.807) is 13.0 Å². The quantitative estimate of drug-likeness (QED) is 0.408. The third-order valence-electron chi connectivity index (χ3n) is 5.24. The molecule has 0 N–H and O–H groups in total. The summed E-state index contributed by atoms with van der Waals surface area (Å²) in [6, 6.07) is 6.56. The first kappa shape index (κ1) is 16.7. The Balaban J connectivity index is 2.20. The average molecular weight is 352 g/mol. The lowest BCUT2D eigenvalue weighted by Gasteiger charge is -2.08. The van der Waals surface area contributed by atoms with E-state index < -0.39 is 0 Å². The number of pyridine rings is 1. The van der Waals surface area contributed by atoms with Crippen molar-refractivity contribution < 1.29 is 17.8 Å². The molecule has 0 aliphatic heterocycles. The van der Waals surface area contributed by atoms with Gasteiger partial charge in [-0.2, -0.15) is 0 Å². The fourth-order valence-corrected chi connectivity index (χ4v) is 3.65. The Bertz CT molecular complexity index is 1200. The van der Waals surface area contributed by atoms with Crippen molar-refractivity contribution in [3.05, 3.63) is 64.4 Å². The second-order valence-corrected chi connectivity index (χ2v) is 7.04. The van der Waals surface area contributed by atoms with Crippen molar-refractivity contribution in [1.82, 2.24) is 0 Å². The molecule has 4 aromatic rings. The molecule has 0 aliphatic carbocycles. The van der Waals surface area contributed by atoms with Crippen molar-refractivity contribution in [2.24, 2.45) is 7.05 Å². The van der Waals surface area contributed by atoms with Crippen LogP contribution < -0.4 is 4.57 Å². The molecule has 4 rings (SSSR count). The zero-order chi connectivity index (χ0) is 18.7. The molecule has 132 valence electrons. The first-order valence-electron chi connectivity index (χ1n) is 8.57. The molecule has 2 nitrogen and oxygen atoms in total. The van der Waals surface area contributed by atoms with Crippen LogP contribution in [-0.4, -0.2) is 0 Å². The highest BCUT2D eigenvalue weighted by atomic mass is 19.1. The van der Waals surface area contributed by atoms with Gasteiger partial charge >= 0.3 is 0 Å². The Morgan fingerprint density at radius 3 is 2.31 bits per heavy atom. The molecule has 2 heterocycles. The molecule has 2 aromatic carbocycles. The molecule has 0 saturated heterocycles. The van der Waals surface area contributed by atoms with Crippen LogP contribution in [0.15, 0.2) is 34.9 Å². The monoisotopic (exact) mass is 352 g/mol. The molecule has 0 saturated carbocycles. The second-order valence-electron chi connectivity index (χ2n) is 7.04. The van der Waals surface area contributed by atoms with Gasteiger partial charge in [-0.15, -0.1) is 0 Å². The van der Waals surface area contributed by atoms with Crippen LogP contribution >= 0.6 is 0 Å². The number of benzene rings is 2. The van der Waals surface area contributed by atoms with Gasteiger partial charge in [-0.05, 0) is 57.0 Å². The number of aryl methyl sites for hydroxylation is 5. The van der Waals surface area contributed by atoms with Gasteiger partial charge in [0.05, 0.1) is 10.9 Å². The lowest BCUT2D eigenvalue weighted by Crippen LogP contribution is -2.31. The second kappa shape index (κ2) is 5.63. The van der Waals surface area contributed by atoms with Crippen LogP contribution in [0.3, 0.4) is 0 Å². The number of fused-ring (bicyclic) bond motifs is 3. The van der Waals surface area contributed by atoms with Crippen molar-refractivity contribution in [1.29, 1.82) is 0 Å². The SMILES string of the molecule is Cc1cc(-c2c(C)cc(F)c3c2oc2c(C)c(F)ccc23)[n+](C)cc1C. The third kappa shape index (κ3) is 2.25. The van der Waals surface area contributed by atoms with Crippen LogP contribution in [0.2, 0.25) is 0 Å². The molecule has 2 aromatic heterocycles. The van der Waals surface area contributed by atoms with Crippen LogP contribution in [0.1, 0.15) is 22.3 Å². The Kier molecular flexibility index (Phi) is 3.62. The van der Waals surface area contributed by atoms with E-state index in [0.29, 0.717) is 27.5 Å². The van der Waals surface area contributed by atoms with Gasteiger partial charge in [0.25, 0.3) is 0 Å². The number of hydrogen-bond donors (Lipinski definition) is 0. The molecule has 0 bridgehead atoms. The van der Waals surface area contributed by atoms with Crippen LogP contribution in [0, 0.1) is 39.3 Å². The Labute approximate surface area is 150 Å². The minimum Gasteiger partial charge on any atom is -0.455 e. The van der Waals surface area contributed by atoms with E-state index in [0.717, 1.165) is 22.4 Å². The summed E-state index contributed by atoms with van der Waals surface area (Å²) >= 11 is 0. The smallest absolute Gasteiger partial charge is 0.216 e. The fraction of sp³-hybridized carbons (Fsp3) is 0.227. The summed E-state index contributed by atoms with van der Waals surface area (Å²) in [6.07, 6.45) is 2.05. The van der Waals surface area contributed by atoms with Gasteiger partial charge in [0, 0.05) is 22.6 Å². The summed E-state index contributed by atoms with van der Waals surface area (Å²) in [5, 5.41) is 1.01. The van der Waals surface area contributed by atoms with Crippen LogP contribution in [-0.2, 0) is 7.05 Å². The summed E-state index contributed by atoms with van der Waals surface area (Å²) in [5.74, 6) is -0.704. The number of hydrogen-bond acceptors (Lipinski definition) is 1. The summed E-state index contributed by atoms with van der Waals surface area (Å²) in [7, 11) is 1.96. The van der Waals surface area contributed by atoms with E-state index >= 15 is 0 Å². The molecule has 0 aliphatic rings. The first-order chi connectivity index (χ1) is 12.3. The predicted octanol–water partition coefficient (Wildman–Crippen LogP) is 5.59. The number of nitrogens with zero attached hydrogens (tertiary/aromatic N) is 1. The Morgan fingerprint density at radius 1 is 0.846 bits per heavy atom. The lowest BCUT2D eigenvalue weighted by atomic mass is 9.98. The predicted molar refractivity (Wildman–Crippen MR) is 99.2 cm³/mol. The maximum Gasteiger partial charge on any atom is 0.216 e. The molecule has 0 amide bonds. The normalized spacial score (nSPS) is 11.7.